The molecule has 0 unspecified atom stereocenters. The van der Waals surface area contributed by atoms with Crippen LogP contribution in [0.3, 0.4) is 0 Å². The molecular formula is C10H11N5. The number of nitrogens with two attached hydrogens (primary N) is 1. The van der Waals surface area contributed by atoms with Crippen molar-refractivity contribution in [1.29, 1.82) is 5.41 Å². The second-order valence-electron chi connectivity index (χ2n) is 3.84. The van der Waals surface area contributed by atoms with E-state index in [1.54, 1.807) is 10.6 Å². The van der Waals surface area contributed by atoms with E-state index < -0.39 is 0 Å². The Labute approximate surface area is 86.4 Å². The minimum Gasteiger partial charge on any atom is -0.382 e. The second kappa shape index (κ2) is 2.79. The van der Waals surface area contributed by atoms with E-state index >= 15 is 0 Å². The highest BCUT2D eigenvalue weighted by Crippen LogP contribution is 2.38. The van der Waals surface area contributed by atoms with Gasteiger partial charge in [-0.25, -0.2) is 9.50 Å². The minimum absolute atomic E-state index is 0.0212. The van der Waals surface area contributed by atoms with E-state index in [1.807, 2.05) is 12.1 Å². The first-order chi connectivity index (χ1) is 7.25. The lowest BCUT2D eigenvalue weighted by molar-refractivity contribution is 0.870. The smallest absolute Gasteiger partial charge is 0.156 e. The van der Waals surface area contributed by atoms with Crippen molar-refractivity contribution in [2.45, 2.75) is 18.8 Å². The minimum atomic E-state index is 0.0212. The molecule has 76 valence electrons. The number of rotatable bonds is 2. The van der Waals surface area contributed by atoms with Crippen molar-refractivity contribution in [3.05, 3.63) is 29.7 Å². The maximum Gasteiger partial charge on any atom is 0.156 e. The highest BCUT2D eigenvalue weighted by atomic mass is 15.3. The van der Waals surface area contributed by atoms with E-state index in [-0.39, 0.29) is 5.84 Å². The summed E-state index contributed by atoms with van der Waals surface area (Å²) in [6, 6.07) is 5.50. The van der Waals surface area contributed by atoms with Crippen LogP contribution in [0.1, 0.15) is 30.3 Å². The predicted molar refractivity (Wildman–Crippen MR) is 56.0 cm³/mol. The molecule has 2 aromatic rings. The lowest BCUT2D eigenvalue weighted by atomic mass is 10.3. The molecule has 0 spiro atoms. The Morgan fingerprint density at radius 3 is 2.93 bits per heavy atom. The topological polar surface area (TPSA) is 80.1 Å². The molecule has 0 radical (unpaired) electrons. The number of nitrogens with one attached hydrogen (secondary N) is 1. The number of hydrogen-bond acceptors (Lipinski definition) is 3. The fourth-order valence-corrected chi connectivity index (χ4v) is 1.64. The third-order valence-electron chi connectivity index (χ3n) is 2.59. The number of amidine groups is 1. The van der Waals surface area contributed by atoms with E-state index in [0.29, 0.717) is 11.6 Å². The van der Waals surface area contributed by atoms with Crippen LogP contribution in [-0.4, -0.2) is 20.4 Å². The molecular weight excluding hydrogens is 190 g/mol. The van der Waals surface area contributed by atoms with Gasteiger partial charge in [0.15, 0.2) is 11.5 Å². The monoisotopic (exact) mass is 201 g/mol. The molecule has 0 bridgehead atoms. The summed E-state index contributed by atoms with van der Waals surface area (Å²) in [5.41, 5.74) is 6.85. The third kappa shape index (κ3) is 1.27. The van der Waals surface area contributed by atoms with Gasteiger partial charge in [-0.1, -0.05) is 6.07 Å². The molecule has 1 aliphatic rings. The number of nitrogens with zero attached hydrogens (tertiary/aromatic N) is 3. The van der Waals surface area contributed by atoms with Gasteiger partial charge in [-0.2, -0.15) is 5.10 Å². The van der Waals surface area contributed by atoms with Crippen LogP contribution < -0.4 is 5.73 Å². The van der Waals surface area contributed by atoms with Crippen LogP contribution in [0.2, 0.25) is 0 Å². The molecule has 0 aliphatic heterocycles. The molecule has 2 aromatic heterocycles. The number of nitrogen functional groups attached to an aromatic ring is 1. The normalized spacial score (nSPS) is 15.7. The van der Waals surface area contributed by atoms with E-state index in [0.717, 1.165) is 11.5 Å². The summed E-state index contributed by atoms with van der Waals surface area (Å²) in [5.74, 6) is 1.42. The van der Waals surface area contributed by atoms with E-state index in [2.05, 4.69) is 10.1 Å². The van der Waals surface area contributed by atoms with Crippen molar-refractivity contribution >= 4 is 11.5 Å². The molecule has 2 heterocycles. The molecule has 0 saturated heterocycles. The molecule has 3 rings (SSSR count). The summed E-state index contributed by atoms with van der Waals surface area (Å²) in [7, 11) is 0. The zero-order chi connectivity index (χ0) is 10.4. The highest BCUT2D eigenvalue weighted by Gasteiger charge is 2.28. The van der Waals surface area contributed by atoms with Crippen molar-refractivity contribution in [3.63, 3.8) is 0 Å². The van der Waals surface area contributed by atoms with E-state index in [4.69, 9.17) is 11.1 Å². The summed E-state index contributed by atoms with van der Waals surface area (Å²) in [6.45, 7) is 0. The van der Waals surface area contributed by atoms with Gasteiger partial charge in [0.2, 0.25) is 0 Å². The van der Waals surface area contributed by atoms with Gasteiger partial charge in [-0.05, 0) is 25.0 Å². The molecule has 15 heavy (non-hydrogen) atoms. The first-order valence-electron chi connectivity index (χ1n) is 4.96. The largest absolute Gasteiger partial charge is 0.382 e. The fourth-order valence-electron chi connectivity index (χ4n) is 1.64. The van der Waals surface area contributed by atoms with Crippen LogP contribution in [0.25, 0.3) is 5.65 Å². The summed E-state index contributed by atoms with van der Waals surface area (Å²) in [6.07, 6.45) is 2.35. The van der Waals surface area contributed by atoms with Gasteiger partial charge in [0.05, 0.1) is 0 Å². The van der Waals surface area contributed by atoms with Gasteiger partial charge in [-0.15, -0.1) is 0 Å². The van der Waals surface area contributed by atoms with Crippen molar-refractivity contribution in [2.75, 3.05) is 0 Å². The molecule has 0 atom stereocenters. The van der Waals surface area contributed by atoms with Crippen LogP contribution in [0.5, 0.6) is 0 Å². The van der Waals surface area contributed by atoms with Crippen molar-refractivity contribution < 1.29 is 0 Å². The molecule has 5 heteroatoms. The Hall–Kier alpha value is -1.91. The van der Waals surface area contributed by atoms with Gasteiger partial charge < -0.3 is 5.73 Å². The standard InChI is InChI=1S/C10H11N5/c11-9(12)7-2-1-3-8-13-10(6-4-5-6)14-15(7)8/h1-3,6H,4-5H2,(H3,11,12). The third-order valence-corrected chi connectivity index (χ3v) is 2.59. The average Bonchev–Trinajstić information content (AvgIpc) is 2.96. The number of fused-ring (bicyclic) bond motifs is 1. The summed E-state index contributed by atoms with van der Waals surface area (Å²) in [5, 5.41) is 11.8. The zero-order valence-electron chi connectivity index (χ0n) is 8.14. The Morgan fingerprint density at radius 2 is 2.27 bits per heavy atom. The Kier molecular flexibility index (Phi) is 1.56. The molecule has 0 aromatic carbocycles. The molecule has 1 aliphatic carbocycles. The number of hydrogen-bond donors (Lipinski definition) is 2. The quantitative estimate of drug-likeness (QED) is 0.559. The number of pyridine rings is 1. The van der Waals surface area contributed by atoms with Crippen LogP contribution >= 0.6 is 0 Å². The summed E-state index contributed by atoms with van der Waals surface area (Å²) >= 11 is 0. The average molecular weight is 201 g/mol. The lowest BCUT2D eigenvalue weighted by Gasteiger charge is -1.99. The van der Waals surface area contributed by atoms with Crippen molar-refractivity contribution in [3.8, 4) is 0 Å². The van der Waals surface area contributed by atoms with Crippen LogP contribution in [0.15, 0.2) is 18.2 Å². The van der Waals surface area contributed by atoms with E-state index in [9.17, 15) is 0 Å². The van der Waals surface area contributed by atoms with Gasteiger partial charge >= 0.3 is 0 Å². The SMILES string of the molecule is N=C(N)c1cccc2nc(C3CC3)nn12. The first kappa shape index (κ1) is 8.40. The fraction of sp³-hybridized carbons (Fsp3) is 0.300. The molecule has 1 saturated carbocycles. The van der Waals surface area contributed by atoms with Crippen LogP contribution in [0.4, 0.5) is 0 Å². The molecule has 5 nitrogen and oxygen atoms in total. The molecule has 1 fully saturated rings. The summed E-state index contributed by atoms with van der Waals surface area (Å²) in [4.78, 5) is 4.42. The van der Waals surface area contributed by atoms with Gasteiger partial charge in [0.1, 0.15) is 11.5 Å². The van der Waals surface area contributed by atoms with Crippen molar-refractivity contribution in [1.82, 2.24) is 14.6 Å². The maximum atomic E-state index is 7.44. The zero-order valence-corrected chi connectivity index (χ0v) is 8.14. The second-order valence-corrected chi connectivity index (χ2v) is 3.84. The molecule has 3 N–H and O–H groups in total. The first-order valence-corrected chi connectivity index (χ1v) is 4.96. The van der Waals surface area contributed by atoms with Gasteiger partial charge in [0, 0.05) is 5.92 Å². The van der Waals surface area contributed by atoms with Gasteiger partial charge in [0.25, 0.3) is 0 Å². The van der Waals surface area contributed by atoms with Crippen LogP contribution in [-0.2, 0) is 0 Å². The molecule has 0 amide bonds. The van der Waals surface area contributed by atoms with Gasteiger partial charge in [-0.3, -0.25) is 5.41 Å². The van der Waals surface area contributed by atoms with Crippen molar-refractivity contribution in [2.24, 2.45) is 5.73 Å². The summed E-state index contributed by atoms with van der Waals surface area (Å²) < 4.78 is 1.65. The van der Waals surface area contributed by atoms with Crippen LogP contribution in [0, 0.1) is 5.41 Å². The highest BCUT2D eigenvalue weighted by molar-refractivity contribution is 5.93. The Bertz CT molecular complexity index is 538. The Balaban J connectivity index is 2.23. The number of aromatic nitrogens is 3. The lowest BCUT2D eigenvalue weighted by Crippen LogP contribution is -2.16. The Morgan fingerprint density at radius 1 is 1.47 bits per heavy atom. The van der Waals surface area contributed by atoms with E-state index in [1.165, 1.54) is 12.8 Å². The maximum absolute atomic E-state index is 7.44. The predicted octanol–water partition coefficient (Wildman–Crippen LogP) is 0.891.